The van der Waals surface area contributed by atoms with E-state index in [1.54, 1.807) is 7.11 Å². The summed E-state index contributed by atoms with van der Waals surface area (Å²) in [7, 11) is 1.60. The first-order valence-corrected chi connectivity index (χ1v) is 11.6. The third kappa shape index (κ3) is 4.49. The normalized spacial score (nSPS) is 21.6. The van der Waals surface area contributed by atoms with Crippen LogP contribution in [0.3, 0.4) is 0 Å². The van der Waals surface area contributed by atoms with Gasteiger partial charge in [-0.2, -0.15) is 0 Å². The van der Waals surface area contributed by atoms with Crippen molar-refractivity contribution in [1.82, 2.24) is 10.2 Å². The number of carbonyl (C=O) groups excluding carboxylic acids is 1. The highest BCUT2D eigenvalue weighted by Gasteiger charge is 2.32. The number of benzene rings is 1. The maximum Gasteiger partial charge on any atom is 0.339 e. The number of hydrogen-bond donors (Lipinski definition) is 1. The molecule has 2 aliphatic rings. The molecule has 1 aromatic heterocycles. The van der Waals surface area contributed by atoms with Crippen molar-refractivity contribution in [3.8, 4) is 5.75 Å². The number of carbonyl (C=O) groups is 1. The first kappa shape index (κ1) is 21.9. The number of amides is 1. The van der Waals surface area contributed by atoms with Crippen molar-refractivity contribution in [2.24, 2.45) is 5.92 Å². The lowest BCUT2D eigenvalue weighted by molar-refractivity contribution is -0.121. The molecule has 1 N–H and O–H groups in total. The lowest BCUT2D eigenvalue weighted by atomic mass is 9.83. The molecule has 1 amide bonds. The lowest BCUT2D eigenvalue weighted by Gasteiger charge is -2.44. The van der Waals surface area contributed by atoms with Gasteiger partial charge in [0.2, 0.25) is 5.91 Å². The zero-order valence-electron chi connectivity index (χ0n) is 19.0. The molecule has 168 valence electrons. The zero-order chi connectivity index (χ0) is 22.0. The van der Waals surface area contributed by atoms with E-state index in [2.05, 4.69) is 10.2 Å². The van der Waals surface area contributed by atoms with Crippen molar-refractivity contribution in [1.29, 1.82) is 0 Å². The Labute approximate surface area is 183 Å². The monoisotopic (exact) mass is 426 g/mol. The second-order valence-electron chi connectivity index (χ2n) is 9.07. The molecule has 0 saturated carbocycles. The number of nitrogens with zero attached hydrogens (tertiary/aromatic N) is 1. The fraction of sp³-hybridized carbons (Fsp3) is 0.600. The number of hydrogen-bond acceptors (Lipinski definition) is 5. The van der Waals surface area contributed by atoms with Gasteiger partial charge in [-0.15, -0.1) is 0 Å². The van der Waals surface area contributed by atoms with Crippen molar-refractivity contribution < 1.29 is 13.9 Å². The van der Waals surface area contributed by atoms with Crippen LogP contribution >= 0.6 is 0 Å². The van der Waals surface area contributed by atoms with Crippen LogP contribution in [0.2, 0.25) is 0 Å². The Bertz CT molecular complexity index is 1010. The van der Waals surface area contributed by atoms with Crippen molar-refractivity contribution in [2.75, 3.05) is 26.7 Å². The van der Waals surface area contributed by atoms with Gasteiger partial charge < -0.3 is 19.4 Å². The number of fused-ring (bicyclic) bond motifs is 2. The third-order valence-corrected chi connectivity index (χ3v) is 7.27. The first-order chi connectivity index (χ1) is 15.0. The van der Waals surface area contributed by atoms with Gasteiger partial charge >= 0.3 is 5.63 Å². The molecule has 2 fully saturated rings. The van der Waals surface area contributed by atoms with Gasteiger partial charge in [-0.3, -0.25) is 4.79 Å². The SMILES string of the molecule is COc1ccc2c(C)c(CCC(=O)NC[C@@H]3CCCN4CCCC[C@H]34)c(=O)oc2c1C. The molecule has 1 aromatic carbocycles. The van der Waals surface area contributed by atoms with Crippen LogP contribution in [0.25, 0.3) is 11.0 Å². The lowest BCUT2D eigenvalue weighted by Crippen LogP contribution is -2.51. The number of aryl methyl sites for hydroxylation is 2. The van der Waals surface area contributed by atoms with Crippen LogP contribution in [-0.4, -0.2) is 43.6 Å². The van der Waals surface area contributed by atoms with E-state index in [1.165, 1.54) is 45.2 Å². The minimum atomic E-state index is -0.362. The summed E-state index contributed by atoms with van der Waals surface area (Å²) in [4.78, 5) is 27.8. The molecule has 0 unspecified atom stereocenters. The summed E-state index contributed by atoms with van der Waals surface area (Å²) in [5.74, 6) is 1.25. The molecule has 2 saturated heterocycles. The summed E-state index contributed by atoms with van der Waals surface area (Å²) in [5, 5.41) is 4.04. The van der Waals surface area contributed by atoms with Gasteiger partial charge in [-0.1, -0.05) is 6.42 Å². The van der Waals surface area contributed by atoms with Gasteiger partial charge in [-0.25, -0.2) is 4.79 Å². The largest absolute Gasteiger partial charge is 0.496 e. The molecule has 0 bridgehead atoms. The van der Waals surface area contributed by atoms with E-state index in [1.807, 2.05) is 26.0 Å². The number of ether oxygens (including phenoxy) is 1. The Hall–Kier alpha value is -2.34. The molecule has 0 aliphatic carbocycles. The topological polar surface area (TPSA) is 71.8 Å². The van der Waals surface area contributed by atoms with E-state index in [-0.39, 0.29) is 11.5 Å². The van der Waals surface area contributed by atoms with Gasteiger partial charge in [0.05, 0.1) is 7.11 Å². The highest BCUT2D eigenvalue weighted by Crippen LogP contribution is 2.31. The second-order valence-corrected chi connectivity index (χ2v) is 9.07. The molecule has 6 heteroatoms. The molecule has 0 radical (unpaired) electrons. The smallest absolute Gasteiger partial charge is 0.339 e. The highest BCUT2D eigenvalue weighted by atomic mass is 16.5. The number of piperidine rings is 2. The first-order valence-electron chi connectivity index (χ1n) is 11.6. The summed E-state index contributed by atoms with van der Waals surface area (Å²) in [6.45, 7) is 6.97. The van der Waals surface area contributed by atoms with E-state index < -0.39 is 0 Å². The summed E-state index contributed by atoms with van der Waals surface area (Å²) >= 11 is 0. The van der Waals surface area contributed by atoms with Crippen LogP contribution in [-0.2, 0) is 11.2 Å². The van der Waals surface area contributed by atoms with Crippen LogP contribution < -0.4 is 15.7 Å². The molecule has 2 atom stereocenters. The van der Waals surface area contributed by atoms with Gasteiger partial charge in [0.15, 0.2) is 0 Å². The summed E-state index contributed by atoms with van der Waals surface area (Å²) < 4.78 is 11.0. The van der Waals surface area contributed by atoms with Gasteiger partial charge in [0.25, 0.3) is 0 Å². The quantitative estimate of drug-likeness (QED) is 0.713. The Balaban J connectivity index is 1.39. The maximum absolute atomic E-state index is 12.6. The molecule has 2 aromatic rings. The van der Waals surface area contributed by atoms with Gasteiger partial charge in [0, 0.05) is 35.5 Å². The van der Waals surface area contributed by atoms with Crippen molar-refractivity contribution >= 4 is 16.9 Å². The summed E-state index contributed by atoms with van der Waals surface area (Å²) in [5.41, 5.74) is 2.48. The maximum atomic E-state index is 12.6. The summed E-state index contributed by atoms with van der Waals surface area (Å²) in [6, 6.07) is 4.43. The molecular formula is C25H34N2O4. The Morgan fingerprint density at radius 2 is 1.97 bits per heavy atom. The Morgan fingerprint density at radius 1 is 1.16 bits per heavy atom. The second kappa shape index (κ2) is 9.43. The van der Waals surface area contributed by atoms with Crippen LogP contribution in [0.5, 0.6) is 5.75 Å². The predicted octanol–water partition coefficient (Wildman–Crippen LogP) is 3.73. The molecule has 3 heterocycles. The molecule has 6 nitrogen and oxygen atoms in total. The van der Waals surface area contributed by atoms with E-state index in [9.17, 15) is 9.59 Å². The highest BCUT2D eigenvalue weighted by molar-refractivity contribution is 5.85. The molecule has 0 spiro atoms. The van der Waals surface area contributed by atoms with E-state index in [0.717, 1.165) is 23.1 Å². The van der Waals surface area contributed by atoms with Crippen molar-refractivity contribution in [3.63, 3.8) is 0 Å². The molecule has 4 rings (SSSR count). The molecular weight excluding hydrogens is 392 g/mol. The van der Waals surface area contributed by atoms with Crippen LogP contribution in [0.15, 0.2) is 21.3 Å². The van der Waals surface area contributed by atoms with E-state index in [0.29, 0.717) is 41.7 Å². The fourth-order valence-electron chi connectivity index (χ4n) is 5.47. The third-order valence-electron chi connectivity index (χ3n) is 7.27. The van der Waals surface area contributed by atoms with Gasteiger partial charge in [0.1, 0.15) is 11.3 Å². The van der Waals surface area contributed by atoms with E-state index in [4.69, 9.17) is 9.15 Å². The van der Waals surface area contributed by atoms with Crippen molar-refractivity contribution in [2.45, 2.75) is 64.8 Å². The molecule has 2 aliphatic heterocycles. The van der Waals surface area contributed by atoms with Gasteiger partial charge in [-0.05, 0) is 82.7 Å². The molecule has 31 heavy (non-hydrogen) atoms. The fourth-order valence-corrected chi connectivity index (χ4v) is 5.47. The number of methoxy groups -OCH3 is 1. The predicted molar refractivity (Wildman–Crippen MR) is 122 cm³/mol. The average molecular weight is 427 g/mol. The van der Waals surface area contributed by atoms with Crippen molar-refractivity contribution in [3.05, 3.63) is 39.2 Å². The van der Waals surface area contributed by atoms with Crippen LogP contribution in [0.1, 0.15) is 55.2 Å². The zero-order valence-corrected chi connectivity index (χ0v) is 19.0. The number of rotatable bonds is 6. The minimum Gasteiger partial charge on any atom is -0.496 e. The summed E-state index contributed by atoms with van der Waals surface area (Å²) in [6.07, 6.45) is 6.95. The minimum absolute atomic E-state index is 0.0118. The van der Waals surface area contributed by atoms with Crippen LogP contribution in [0, 0.1) is 19.8 Å². The Morgan fingerprint density at radius 3 is 2.77 bits per heavy atom. The standard InChI is InChI=1S/C25H34N2O4/c1-16-19-9-11-22(30-3)17(2)24(19)31-25(29)20(16)10-12-23(28)26-15-18-7-6-14-27-13-5-4-8-21(18)27/h9,11,18,21H,4-8,10,12-15H2,1-3H3,(H,26,28)/t18-,21+/m0/s1. The van der Waals surface area contributed by atoms with E-state index >= 15 is 0 Å². The number of nitrogens with one attached hydrogen (secondary N) is 1. The average Bonchev–Trinajstić information content (AvgIpc) is 2.78. The van der Waals surface area contributed by atoms with Crippen LogP contribution in [0.4, 0.5) is 0 Å². The Kier molecular flexibility index (Phi) is 6.65.